The molecule has 2 nitrogen and oxygen atoms in total. The molecule has 0 radical (unpaired) electrons. The maximum Gasteiger partial charge on any atom is 0.136 e. The van der Waals surface area contributed by atoms with E-state index < -0.39 is 0 Å². The topological polar surface area (TPSA) is 34.1 Å². The highest BCUT2D eigenvalue weighted by Gasteiger charge is 2.25. The van der Waals surface area contributed by atoms with E-state index in [0.717, 1.165) is 12.8 Å². The molecule has 1 aliphatic carbocycles. The van der Waals surface area contributed by atoms with Crippen molar-refractivity contribution in [2.45, 2.75) is 39.0 Å². The summed E-state index contributed by atoms with van der Waals surface area (Å²) in [7, 11) is 0. The van der Waals surface area contributed by atoms with Crippen molar-refractivity contribution >= 4 is 11.6 Å². The lowest BCUT2D eigenvalue weighted by molar-refractivity contribution is -0.133. The molecule has 0 aromatic carbocycles. The Kier molecular flexibility index (Phi) is 2.80. The number of ketones is 2. The maximum absolute atomic E-state index is 11.2. The van der Waals surface area contributed by atoms with Gasteiger partial charge in [-0.3, -0.25) is 9.59 Å². The largest absolute Gasteiger partial charge is 0.300 e. The van der Waals surface area contributed by atoms with E-state index in [9.17, 15) is 9.59 Å². The number of carbonyl (C=O) groups is 2. The molecule has 1 atom stereocenters. The van der Waals surface area contributed by atoms with E-state index in [4.69, 9.17) is 0 Å². The van der Waals surface area contributed by atoms with Crippen LogP contribution in [0.15, 0.2) is 0 Å². The van der Waals surface area contributed by atoms with Crippen molar-refractivity contribution in [2.75, 3.05) is 0 Å². The van der Waals surface area contributed by atoms with Crippen LogP contribution in [0.2, 0.25) is 0 Å². The summed E-state index contributed by atoms with van der Waals surface area (Å²) < 4.78 is 0. The molecular weight excluding hydrogens is 140 g/mol. The predicted molar refractivity (Wildman–Crippen MR) is 42.3 cm³/mol. The maximum atomic E-state index is 11.2. The van der Waals surface area contributed by atoms with Crippen LogP contribution in [0.4, 0.5) is 0 Å². The third kappa shape index (κ3) is 2.14. The van der Waals surface area contributed by atoms with Gasteiger partial charge in [0.05, 0.1) is 0 Å². The summed E-state index contributed by atoms with van der Waals surface area (Å²) in [6.45, 7) is 2.05. The zero-order valence-corrected chi connectivity index (χ0v) is 6.93. The fraction of sp³-hybridized carbons (Fsp3) is 0.778. The Morgan fingerprint density at radius 1 is 1.36 bits per heavy atom. The van der Waals surface area contributed by atoms with Crippen molar-refractivity contribution in [1.82, 2.24) is 0 Å². The molecule has 0 amide bonds. The zero-order chi connectivity index (χ0) is 8.27. The van der Waals surface area contributed by atoms with Gasteiger partial charge in [-0.05, 0) is 6.42 Å². The monoisotopic (exact) mass is 154 g/mol. The van der Waals surface area contributed by atoms with Crippen LogP contribution >= 0.6 is 0 Å². The van der Waals surface area contributed by atoms with Crippen LogP contribution in [-0.4, -0.2) is 11.6 Å². The number of hydrogen-bond acceptors (Lipinski definition) is 2. The second-order valence-corrected chi connectivity index (χ2v) is 3.19. The average Bonchev–Trinajstić information content (AvgIpc) is 1.98. The molecule has 0 spiro atoms. The summed E-state index contributed by atoms with van der Waals surface area (Å²) in [4.78, 5) is 22.1. The lowest BCUT2D eigenvalue weighted by Gasteiger charge is -2.18. The van der Waals surface area contributed by atoms with E-state index in [-0.39, 0.29) is 11.7 Å². The normalized spacial score (nSPS) is 25.7. The van der Waals surface area contributed by atoms with E-state index in [1.165, 1.54) is 0 Å². The van der Waals surface area contributed by atoms with E-state index in [1.807, 2.05) is 6.92 Å². The molecule has 1 saturated carbocycles. The molecule has 1 aliphatic rings. The van der Waals surface area contributed by atoms with Crippen LogP contribution in [-0.2, 0) is 9.59 Å². The van der Waals surface area contributed by atoms with Gasteiger partial charge >= 0.3 is 0 Å². The van der Waals surface area contributed by atoms with Gasteiger partial charge in [0.15, 0.2) is 0 Å². The molecule has 0 aliphatic heterocycles. The Bertz CT molecular complexity index is 172. The van der Waals surface area contributed by atoms with E-state index >= 15 is 0 Å². The SMILES string of the molecule is CCCC1CC(=O)CCC1=O. The molecule has 0 heterocycles. The average molecular weight is 154 g/mol. The second kappa shape index (κ2) is 3.65. The van der Waals surface area contributed by atoms with Crippen LogP contribution < -0.4 is 0 Å². The summed E-state index contributed by atoms with van der Waals surface area (Å²) in [5.74, 6) is 0.621. The van der Waals surface area contributed by atoms with Crippen LogP contribution in [0.3, 0.4) is 0 Å². The van der Waals surface area contributed by atoms with Crippen molar-refractivity contribution in [1.29, 1.82) is 0 Å². The van der Waals surface area contributed by atoms with Crippen LogP contribution in [0.5, 0.6) is 0 Å². The molecule has 2 heteroatoms. The molecule has 1 fully saturated rings. The quantitative estimate of drug-likeness (QED) is 0.607. The highest BCUT2D eigenvalue weighted by atomic mass is 16.1. The van der Waals surface area contributed by atoms with Gasteiger partial charge in [-0.1, -0.05) is 13.3 Å². The van der Waals surface area contributed by atoms with E-state index in [1.54, 1.807) is 0 Å². The van der Waals surface area contributed by atoms with Gasteiger partial charge in [-0.15, -0.1) is 0 Å². The third-order valence-corrected chi connectivity index (χ3v) is 2.22. The molecular formula is C9H14O2. The Hall–Kier alpha value is -0.660. The summed E-state index contributed by atoms with van der Waals surface area (Å²) in [5, 5.41) is 0. The van der Waals surface area contributed by atoms with Crippen molar-refractivity contribution in [3.05, 3.63) is 0 Å². The van der Waals surface area contributed by atoms with Gasteiger partial charge in [-0.2, -0.15) is 0 Å². The van der Waals surface area contributed by atoms with Crippen molar-refractivity contribution < 1.29 is 9.59 Å². The number of rotatable bonds is 2. The van der Waals surface area contributed by atoms with Gasteiger partial charge < -0.3 is 0 Å². The van der Waals surface area contributed by atoms with Gasteiger partial charge in [0.1, 0.15) is 11.6 Å². The van der Waals surface area contributed by atoms with Crippen molar-refractivity contribution in [3.63, 3.8) is 0 Å². The summed E-state index contributed by atoms with van der Waals surface area (Å²) >= 11 is 0. The lowest BCUT2D eigenvalue weighted by Crippen LogP contribution is -2.24. The smallest absolute Gasteiger partial charge is 0.136 e. The minimum atomic E-state index is 0.0567. The standard InChI is InChI=1S/C9H14O2/c1-2-3-7-6-8(10)4-5-9(7)11/h7H,2-6H2,1H3. The minimum absolute atomic E-state index is 0.0567. The van der Waals surface area contributed by atoms with E-state index in [2.05, 4.69) is 0 Å². The fourth-order valence-electron chi connectivity index (χ4n) is 1.57. The molecule has 1 rings (SSSR count). The second-order valence-electron chi connectivity index (χ2n) is 3.19. The van der Waals surface area contributed by atoms with Gasteiger partial charge in [0.2, 0.25) is 0 Å². The molecule has 11 heavy (non-hydrogen) atoms. The number of Topliss-reactive ketones (excluding diaryl/α,β-unsaturated/α-hetero) is 2. The van der Waals surface area contributed by atoms with Crippen LogP contribution in [0.25, 0.3) is 0 Å². The van der Waals surface area contributed by atoms with Crippen LogP contribution in [0, 0.1) is 5.92 Å². The van der Waals surface area contributed by atoms with Crippen molar-refractivity contribution in [2.24, 2.45) is 5.92 Å². The molecule has 0 N–H and O–H groups in total. The lowest BCUT2D eigenvalue weighted by atomic mass is 9.84. The first-order valence-electron chi connectivity index (χ1n) is 4.28. The molecule has 62 valence electrons. The first-order valence-corrected chi connectivity index (χ1v) is 4.28. The molecule has 0 saturated heterocycles. The Labute approximate surface area is 67.0 Å². The Balaban J connectivity index is 2.47. The molecule has 1 unspecified atom stereocenters. The summed E-state index contributed by atoms with van der Waals surface area (Å²) in [5.41, 5.74) is 0. The minimum Gasteiger partial charge on any atom is -0.300 e. The van der Waals surface area contributed by atoms with Crippen LogP contribution in [0.1, 0.15) is 39.0 Å². The summed E-state index contributed by atoms with van der Waals surface area (Å²) in [6.07, 6.45) is 3.38. The van der Waals surface area contributed by atoms with Gasteiger partial charge in [0.25, 0.3) is 0 Å². The number of hydrogen-bond donors (Lipinski definition) is 0. The third-order valence-electron chi connectivity index (χ3n) is 2.22. The first kappa shape index (κ1) is 8.44. The number of carbonyl (C=O) groups excluding carboxylic acids is 2. The molecule has 0 aromatic heterocycles. The zero-order valence-electron chi connectivity index (χ0n) is 6.93. The predicted octanol–water partition coefficient (Wildman–Crippen LogP) is 1.72. The van der Waals surface area contributed by atoms with Gasteiger partial charge in [-0.25, -0.2) is 0 Å². The molecule has 0 aromatic rings. The summed E-state index contributed by atoms with van der Waals surface area (Å²) in [6, 6.07) is 0. The van der Waals surface area contributed by atoms with Gasteiger partial charge in [0, 0.05) is 25.2 Å². The van der Waals surface area contributed by atoms with E-state index in [0.29, 0.717) is 25.0 Å². The Morgan fingerprint density at radius 2 is 2.09 bits per heavy atom. The highest BCUT2D eigenvalue weighted by molar-refractivity contribution is 5.94. The first-order chi connectivity index (χ1) is 5.24. The molecule has 0 bridgehead atoms. The Morgan fingerprint density at radius 3 is 2.73 bits per heavy atom. The fourth-order valence-corrected chi connectivity index (χ4v) is 1.57. The highest BCUT2D eigenvalue weighted by Crippen LogP contribution is 2.21. The van der Waals surface area contributed by atoms with Crippen molar-refractivity contribution in [3.8, 4) is 0 Å².